The minimum atomic E-state index is -0.509. The standard InChI is InChI=1S/C14H17F2N/c1-3-6-11(17-9-4-2)10-12-13(15)7-5-8-14(12)16/h1,5,7-8,11,17H,4,6,9-10H2,2H3. The van der Waals surface area contributed by atoms with Crippen LogP contribution in [0.4, 0.5) is 8.78 Å². The maximum absolute atomic E-state index is 13.5. The normalized spacial score (nSPS) is 12.1. The summed E-state index contributed by atoms with van der Waals surface area (Å²) in [4.78, 5) is 0. The second-order valence-corrected chi connectivity index (χ2v) is 3.96. The molecule has 0 spiro atoms. The van der Waals surface area contributed by atoms with E-state index in [1.165, 1.54) is 18.2 Å². The quantitative estimate of drug-likeness (QED) is 0.750. The zero-order valence-corrected chi connectivity index (χ0v) is 9.97. The number of halogens is 2. The molecule has 0 heterocycles. The van der Waals surface area contributed by atoms with E-state index in [0.29, 0.717) is 6.42 Å². The molecule has 92 valence electrons. The number of terminal acetylenes is 1. The fourth-order valence-electron chi connectivity index (χ4n) is 1.68. The molecule has 17 heavy (non-hydrogen) atoms. The van der Waals surface area contributed by atoms with Crippen LogP contribution in [0.15, 0.2) is 18.2 Å². The fourth-order valence-corrected chi connectivity index (χ4v) is 1.68. The van der Waals surface area contributed by atoms with Gasteiger partial charge in [0.1, 0.15) is 11.6 Å². The summed E-state index contributed by atoms with van der Waals surface area (Å²) < 4.78 is 26.9. The predicted molar refractivity (Wildman–Crippen MR) is 65.6 cm³/mol. The van der Waals surface area contributed by atoms with Gasteiger partial charge < -0.3 is 5.32 Å². The highest BCUT2D eigenvalue weighted by Gasteiger charge is 2.14. The molecule has 0 radical (unpaired) electrons. The number of hydrogen-bond acceptors (Lipinski definition) is 1. The number of benzene rings is 1. The van der Waals surface area contributed by atoms with Crippen molar-refractivity contribution in [3.63, 3.8) is 0 Å². The SMILES string of the molecule is C#CCC(Cc1c(F)cccc1F)NCCC. The van der Waals surface area contributed by atoms with Crippen molar-refractivity contribution in [1.82, 2.24) is 5.32 Å². The van der Waals surface area contributed by atoms with Gasteiger partial charge >= 0.3 is 0 Å². The Balaban J connectivity index is 2.75. The molecule has 3 heteroatoms. The smallest absolute Gasteiger partial charge is 0.129 e. The lowest BCUT2D eigenvalue weighted by atomic mass is 10.0. The highest BCUT2D eigenvalue weighted by atomic mass is 19.1. The third-order valence-electron chi connectivity index (χ3n) is 2.56. The summed E-state index contributed by atoms with van der Waals surface area (Å²) in [6.07, 6.45) is 6.96. The lowest BCUT2D eigenvalue weighted by molar-refractivity contribution is 0.483. The minimum absolute atomic E-state index is 0.0775. The van der Waals surface area contributed by atoms with E-state index in [9.17, 15) is 8.78 Å². The van der Waals surface area contributed by atoms with Crippen LogP contribution in [0.2, 0.25) is 0 Å². The molecule has 1 aromatic rings. The van der Waals surface area contributed by atoms with Crippen LogP contribution in [-0.4, -0.2) is 12.6 Å². The molecule has 0 aliphatic rings. The molecule has 1 nitrogen and oxygen atoms in total. The molecule has 0 fully saturated rings. The van der Waals surface area contributed by atoms with Gasteiger partial charge in [-0.25, -0.2) is 8.78 Å². The first-order valence-electron chi connectivity index (χ1n) is 5.78. The van der Waals surface area contributed by atoms with Gasteiger partial charge in [-0.2, -0.15) is 0 Å². The summed E-state index contributed by atoms with van der Waals surface area (Å²) in [5.41, 5.74) is 0.108. The third kappa shape index (κ3) is 4.16. The van der Waals surface area contributed by atoms with Crippen LogP contribution >= 0.6 is 0 Å². The molecule has 0 saturated carbocycles. The van der Waals surface area contributed by atoms with Crippen LogP contribution in [0.3, 0.4) is 0 Å². The van der Waals surface area contributed by atoms with Crippen LogP contribution in [0, 0.1) is 24.0 Å². The zero-order chi connectivity index (χ0) is 12.7. The van der Waals surface area contributed by atoms with Gasteiger partial charge in [-0.1, -0.05) is 13.0 Å². The van der Waals surface area contributed by atoms with Gasteiger partial charge in [-0.15, -0.1) is 12.3 Å². The van der Waals surface area contributed by atoms with Gasteiger partial charge in [0.2, 0.25) is 0 Å². The van der Waals surface area contributed by atoms with E-state index in [1.807, 2.05) is 6.92 Å². The van der Waals surface area contributed by atoms with Gasteiger partial charge in [0.25, 0.3) is 0 Å². The van der Waals surface area contributed by atoms with Gasteiger partial charge in [0.15, 0.2) is 0 Å². The Labute approximate surface area is 101 Å². The van der Waals surface area contributed by atoms with Crippen LogP contribution in [0.5, 0.6) is 0 Å². The molecule has 0 aromatic heterocycles. The van der Waals surface area contributed by atoms with Crippen molar-refractivity contribution < 1.29 is 8.78 Å². The van der Waals surface area contributed by atoms with Gasteiger partial charge in [0.05, 0.1) is 0 Å². The van der Waals surface area contributed by atoms with Crippen molar-refractivity contribution in [2.45, 2.75) is 32.2 Å². The van der Waals surface area contributed by atoms with E-state index in [0.717, 1.165) is 13.0 Å². The number of hydrogen-bond donors (Lipinski definition) is 1. The first kappa shape index (κ1) is 13.7. The van der Waals surface area contributed by atoms with Crippen molar-refractivity contribution in [1.29, 1.82) is 0 Å². The molecule has 1 atom stereocenters. The van der Waals surface area contributed by atoms with Crippen LogP contribution < -0.4 is 5.32 Å². The maximum Gasteiger partial charge on any atom is 0.129 e. The third-order valence-corrected chi connectivity index (χ3v) is 2.56. The monoisotopic (exact) mass is 237 g/mol. The van der Waals surface area contributed by atoms with E-state index >= 15 is 0 Å². The van der Waals surface area contributed by atoms with Crippen LogP contribution in [0.1, 0.15) is 25.3 Å². The zero-order valence-electron chi connectivity index (χ0n) is 9.97. The highest BCUT2D eigenvalue weighted by Crippen LogP contribution is 2.15. The molecule has 1 aromatic carbocycles. The Morgan fingerprint density at radius 3 is 2.53 bits per heavy atom. The average Bonchev–Trinajstić information content (AvgIpc) is 2.31. The maximum atomic E-state index is 13.5. The Kier molecular flexibility index (Phi) is 5.65. The molecule has 0 bridgehead atoms. The van der Waals surface area contributed by atoms with E-state index in [2.05, 4.69) is 11.2 Å². The van der Waals surface area contributed by atoms with E-state index in [-0.39, 0.29) is 18.0 Å². The molecule has 0 aliphatic heterocycles. The van der Waals surface area contributed by atoms with Crippen molar-refractivity contribution in [2.75, 3.05) is 6.54 Å². The Bertz CT molecular complexity index is 375. The van der Waals surface area contributed by atoms with Crippen molar-refractivity contribution in [2.24, 2.45) is 0 Å². The van der Waals surface area contributed by atoms with Gasteiger partial charge in [-0.05, 0) is 31.5 Å². The van der Waals surface area contributed by atoms with Gasteiger partial charge in [0, 0.05) is 18.0 Å². The Morgan fingerprint density at radius 1 is 1.35 bits per heavy atom. The van der Waals surface area contributed by atoms with E-state index in [1.54, 1.807) is 0 Å². The minimum Gasteiger partial charge on any atom is -0.313 e. The summed E-state index contributed by atoms with van der Waals surface area (Å²) in [6, 6.07) is 3.83. The summed E-state index contributed by atoms with van der Waals surface area (Å²) >= 11 is 0. The molecule has 0 saturated heterocycles. The fraction of sp³-hybridized carbons (Fsp3) is 0.429. The summed E-state index contributed by atoms with van der Waals surface area (Å²) in [6.45, 7) is 2.83. The largest absolute Gasteiger partial charge is 0.313 e. The highest BCUT2D eigenvalue weighted by molar-refractivity contribution is 5.21. The van der Waals surface area contributed by atoms with E-state index in [4.69, 9.17) is 6.42 Å². The molecular formula is C14H17F2N. The van der Waals surface area contributed by atoms with E-state index < -0.39 is 11.6 Å². The Morgan fingerprint density at radius 2 is 2.00 bits per heavy atom. The van der Waals surface area contributed by atoms with Gasteiger partial charge in [-0.3, -0.25) is 0 Å². The average molecular weight is 237 g/mol. The first-order valence-corrected chi connectivity index (χ1v) is 5.78. The van der Waals surface area contributed by atoms with Crippen molar-refractivity contribution >= 4 is 0 Å². The summed E-state index contributed by atoms with van der Waals surface area (Å²) in [5.74, 6) is 1.51. The second-order valence-electron chi connectivity index (χ2n) is 3.96. The summed E-state index contributed by atoms with van der Waals surface area (Å²) in [5, 5.41) is 3.20. The molecule has 1 rings (SSSR count). The van der Waals surface area contributed by atoms with Crippen LogP contribution in [-0.2, 0) is 6.42 Å². The first-order chi connectivity index (χ1) is 8.19. The number of nitrogens with one attached hydrogen (secondary N) is 1. The number of rotatable bonds is 6. The lowest BCUT2D eigenvalue weighted by Crippen LogP contribution is -2.32. The predicted octanol–water partition coefficient (Wildman–Crippen LogP) is 2.90. The van der Waals surface area contributed by atoms with Crippen molar-refractivity contribution in [3.05, 3.63) is 35.4 Å². The van der Waals surface area contributed by atoms with Crippen LogP contribution in [0.25, 0.3) is 0 Å². The topological polar surface area (TPSA) is 12.0 Å². The molecule has 1 unspecified atom stereocenters. The molecule has 1 N–H and O–H groups in total. The second kappa shape index (κ2) is 7.03. The van der Waals surface area contributed by atoms with Crippen molar-refractivity contribution in [3.8, 4) is 12.3 Å². The molecule has 0 amide bonds. The Hall–Kier alpha value is -1.40. The molecular weight excluding hydrogens is 220 g/mol. The summed E-state index contributed by atoms with van der Waals surface area (Å²) in [7, 11) is 0. The molecule has 0 aliphatic carbocycles. The lowest BCUT2D eigenvalue weighted by Gasteiger charge is -2.16.